The predicted molar refractivity (Wildman–Crippen MR) is 75.2 cm³/mol. The molecular formula is C12H13N3O5S. The Kier molecular flexibility index (Phi) is 3.96. The second-order valence-electron chi connectivity index (χ2n) is 4.32. The van der Waals surface area contributed by atoms with Crippen LogP contribution >= 0.6 is 0 Å². The van der Waals surface area contributed by atoms with E-state index in [-0.39, 0.29) is 17.3 Å². The molecule has 8 nitrogen and oxygen atoms in total. The summed E-state index contributed by atoms with van der Waals surface area (Å²) in [5.41, 5.74) is 1.03. The molecule has 0 bridgehead atoms. The highest BCUT2D eigenvalue weighted by molar-refractivity contribution is 7.89. The molecule has 1 heterocycles. The summed E-state index contributed by atoms with van der Waals surface area (Å²) in [6.45, 7) is 1.80. The van der Waals surface area contributed by atoms with Gasteiger partial charge >= 0.3 is 5.88 Å². The largest absolute Gasteiger partial charge is 0.433 e. The summed E-state index contributed by atoms with van der Waals surface area (Å²) in [4.78, 5) is 9.91. The van der Waals surface area contributed by atoms with Crippen molar-refractivity contribution in [2.24, 2.45) is 5.14 Å². The number of hydrogen-bond donors (Lipinski definition) is 2. The Balaban J connectivity index is 2.18. The molecule has 0 aliphatic carbocycles. The molecule has 0 unspecified atom stereocenters. The second-order valence-corrected chi connectivity index (χ2v) is 5.85. The van der Waals surface area contributed by atoms with Crippen molar-refractivity contribution in [2.75, 3.05) is 5.32 Å². The molecule has 0 spiro atoms. The number of benzene rings is 1. The Morgan fingerprint density at radius 3 is 2.62 bits per heavy atom. The van der Waals surface area contributed by atoms with Crippen molar-refractivity contribution in [3.8, 4) is 0 Å². The Morgan fingerprint density at radius 1 is 1.33 bits per heavy atom. The summed E-state index contributed by atoms with van der Waals surface area (Å²) in [5, 5.41) is 18.6. The van der Waals surface area contributed by atoms with Crippen LogP contribution in [0.15, 0.2) is 39.6 Å². The third-order valence-corrected chi connectivity index (χ3v) is 3.93. The minimum absolute atomic E-state index is 0.0259. The highest BCUT2D eigenvalue weighted by atomic mass is 32.2. The minimum Gasteiger partial charge on any atom is -0.404 e. The van der Waals surface area contributed by atoms with Gasteiger partial charge < -0.3 is 9.73 Å². The van der Waals surface area contributed by atoms with Gasteiger partial charge in [0.1, 0.15) is 10.7 Å². The van der Waals surface area contributed by atoms with Gasteiger partial charge in [0.05, 0.1) is 17.5 Å². The van der Waals surface area contributed by atoms with E-state index in [4.69, 9.17) is 9.56 Å². The quantitative estimate of drug-likeness (QED) is 0.639. The fraction of sp³-hybridized carbons (Fsp3) is 0.167. The first-order chi connectivity index (χ1) is 9.79. The molecule has 2 rings (SSSR count). The molecule has 0 amide bonds. The molecule has 0 radical (unpaired) electrons. The third kappa shape index (κ3) is 3.38. The zero-order valence-corrected chi connectivity index (χ0v) is 11.9. The number of rotatable bonds is 5. The lowest BCUT2D eigenvalue weighted by Crippen LogP contribution is -2.14. The van der Waals surface area contributed by atoms with Crippen LogP contribution in [0.3, 0.4) is 0 Å². The van der Waals surface area contributed by atoms with E-state index in [1.165, 1.54) is 18.2 Å². The second kappa shape index (κ2) is 5.54. The van der Waals surface area contributed by atoms with Crippen molar-refractivity contribution in [1.29, 1.82) is 0 Å². The average Bonchev–Trinajstić information content (AvgIpc) is 2.85. The van der Waals surface area contributed by atoms with E-state index >= 15 is 0 Å². The SMILES string of the molecule is Cc1c(NCc2ccc([N+](=O)[O-])o2)cccc1S(N)(=O)=O. The molecule has 0 aliphatic heterocycles. The van der Waals surface area contributed by atoms with Gasteiger partial charge in [-0.15, -0.1) is 0 Å². The maximum Gasteiger partial charge on any atom is 0.433 e. The van der Waals surface area contributed by atoms with Crippen LogP contribution in [-0.4, -0.2) is 13.3 Å². The van der Waals surface area contributed by atoms with Gasteiger partial charge in [-0.3, -0.25) is 10.1 Å². The lowest BCUT2D eigenvalue weighted by atomic mass is 10.2. The lowest BCUT2D eigenvalue weighted by Gasteiger charge is -2.11. The van der Waals surface area contributed by atoms with Crippen LogP contribution in [0.5, 0.6) is 0 Å². The van der Waals surface area contributed by atoms with E-state index in [1.807, 2.05) is 0 Å². The first-order valence-electron chi connectivity index (χ1n) is 5.88. The van der Waals surface area contributed by atoms with Gasteiger partial charge in [0.25, 0.3) is 0 Å². The zero-order valence-electron chi connectivity index (χ0n) is 11.1. The van der Waals surface area contributed by atoms with Gasteiger partial charge in [0.15, 0.2) is 0 Å². The molecule has 9 heteroatoms. The molecular weight excluding hydrogens is 298 g/mol. The van der Waals surface area contributed by atoms with Crippen LogP contribution < -0.4 is 10.5 Å². The summed E-state index contributed by atoms with van der Waals surface area (Å²) in [7, 11) is -3.80. The summed E-state index contributed by atoms with van der Waals surface area (Å²) in [6.07, 6.45) is 0. The molecule has 1 aromatic carbocycles. The fourth-order valence-electron chi connectivity index (χ4n) is 1.86. The molecule has 112 valence electrons. The first-order valence-corrected chi connectivity index (χ1v) is 7.43. The Morgan fingerprint density at radius 2 is 2.05 bits per heavy atom. The van der Waals surface area contributed by atoms with Crippen molar-refractivity contribution < 1.29 is 17.8 Å². The van der Waals surface area contributed by atoms with Gasteiger partial charge in [0, 0.05) is 5.69 Å². The standard InChI is InChI=1S/C12H13N3O5S/c1-8-10(3-2-4-11(8)21(13,18)19)14-7-9-5-6-12(20-9)15(16)17/h2-6,14H,7H2,1H3,(H2,13,18,19). The van der Waals surface area contributed by atoms with E-state index < -0.39 is 14.9 Å². The fourth-order valence-corrected chi connectivity index (χ4v) is 2.66. The summed E-state index contributed by atoms with van der Waals surface area (Å²) >= 11 is 0. The molecule has 21 heavy (non-hydrogen) atoms. The molecule has 0 saturated carbocycles. The van der Waals surface area contributed by atoms with Gasteiger partial charge in [-0.1, -0.05) is 6.07 Å². The molecule has 3 N–H and O–H groups in total. The maximum absolute atomic E-state index is 11.4. The van der Waals surface area contributed by atoms with E-state index in [0.717, 1.165) is 0 Å². The zero-order chi connectivity index (χ0) is 15.6. The normalized spacial score (nSPS) is 11.3. The van der Waals surface area contributed by atoms with Crippen molar-refractivity contribution in [1.82, 2.24) is 0 Å². The molecule has 0 atom stereocenters. The topological polar surface area (TPSA) is 128 Å². The Hall–Kier alpha value is -2.39. The first kappa shape index (κ1) is 15.0. The van der Waals surface area contributed by atoms with E-state index in [2.05, 4.69) is 5.32 Å². The molecule has 1 aromatic heterocycles. The van der Waals surface area contributed by atoms with Crippen LogP contribution in [0.4, 0.5) is 11.6 Å². The minimum atomic E-state index is -3.80. The average molecular weight is 311 g/mol. The number of nitrogens with two attached hydrogens (primary N) is 1. The number of nitrogens with zero attached hydrogens (tertiary/aromatic N) is 1. The highest BCUT2D eigenvalue weighted by Gasteiger charge is 2.15. The van der Waals surface area contributed by atoms with Crippen LogP contribution in [0.1, 0.15) is 11.3 Å². The number of sulfonamides is 1. The Bertz CT molecular complexity index is 782. The van der Waals surface area contributed by atoms with Gasteiger partial charge in [-0.05, 0) is 30.7 Å². The van der Waals surface area contributed by atoms with Gasteiger partial charge in [0.2, 0.25) is 10.0 Å². The summed E-state index contributed by atoms with van der Waals surface area (Å²) in [6, 6.07) is 7.38. The molecule has 0 aliphatic rings. The molecule has 0 saturated heterocycles. The van der Waals surface area contributed by atoms with Crippen molar-refractivity contribution in [3.05, 3.63) is 51.8 Å². The van der Waals surface area contributed by atoms with E-state index in [9.17, 15) is 18.5 Å². The van der Waals surface area contributed by atoms with E-state index in [1.54, 1.807) is 19.1 Å². The number of furan rings is 1. The van der Waals surface area contributed by atoms with Crippen LogP contribution in [-0.2, 0) is 16.6 Å². The monoisotopic (exact) mass is 311 g/mol. The van der Waals surface area contributed by atoms with E-state index in [0.29, 0.717) is 17.0 Å². The predicted octanol–water partition coefficient (Wildman–Crippen LogP) is 1.76. The van der Waals surface area contributed by atoms with Gasteiger partial charge in [-0.25, -0.2) is 13.6 Å². The molecule has 0 fully saturated rings. The lowest BCUT2D eigenvalue weighted by molar-refractivity contribution is -0.402. The highest BCUT2D eigenvalue weighted by Crippen LogP contribution is 2.23. The van der Waals surface area contributed by atoms with Crippen LogP contribution in [0.25, 0.3) is 0 Å². The smallest absolute Gasteiger partial charge is 0.404 e. The molecule has 2 aromatic rings. The summed E-state index contributed by atoms with van der Waals surface area (Å²) in [5.74, 6) is 0.0175. The Labute approximate surface area is 120 Å². The summed E-state index contributed by atoms with van der Waals surface area (Å²) < 4.78 is 27.8. The van der Waals surface area contributed by atoms with Crippen molar-refractivity contribution in [3.63, 3.8) is 0 Å². The number of primary sulfonamides is 1. The van der Waals surface area contributed by atoms with Crippen molar-refractivity contribution >= 4 is 21.6 Å². The maximum atomic E-state index is 11.4. The number of nitro groups is 1. The third-order valence-electron chi connectivity index (χ3n) is 2.87. The van der Waals surface area contributed by atoms with Crippen molar-refractivity contribution in [2.45, 2.75) is 18.4 Å². The number of hydrogen-bond acceptors (Lipinski definition) is 6. The van der Waals surface area contributed by atoms with Crippen LogP contribution in [0, 0.1) is 17.0 Å². The number of anilines is 1. The van der Waals surface area contributed by atoms with Crippen LogP contribution in [0.2, 0.25) is 0 Å². The number of nitrogens with one attached hydrogen (secondary N) is 1. The van der Waals surface area contributed by atoms with Gasteiger partial charge in [-0.2, -0.15) is 0 Å².